The predicted molar refractivity (Wildman–Crippen MR) is 118 cm³/mol. The maximum absolute atomic E-state index is 13.0. The Morgan fingerprint density at radius 3 is 2.36 bits per heavy atom. The fraction of sp³-hybridized carbons (Fsp3) is 0.160. The summed E-state index contributed by atoms with van der Waals surface area (Å²) in [4.78, 5) is 22.0. The van der Waals surface area contributed by atoms with Crippen molar-refractivity contribution >= 4 is 16.8 Å². The van der Waals surface area contributed by atoms with E-state index in [0.717, 1.165) is 10.9 Å². The number of aromatic nitrogens is 2. The van der Waals surface area contributed by atoms with Gasteiger partial charge in [0.05, 0.1) is 29.1 Å². The quantitative estimate of drug-likeness (QED) is 0.414. The monoisotopic (exact) mass is 451 g/mol. The third kappa shape index (κ3) is 5.93. The summed E-state index contributed by atoms with van der Waals surface area (Å²) >= 11 is 0. The van der Waals surface area contributed by atoms with Crippen molar-refractivity contribution in [2.24, 2.45) is 0 Å². The molecule has 0 unspecified atom stereocenters. The van der Waals surface area contributed by atoms with Crippen molar-refractivity contribution in [1.82, 2.24) is 15.3 Å². The zero-order valence-corrected chi connectivity index (χ0v) is 17.5. The molecule has 0 aliphatic rings. The van der Waals surface area contributed by atoms with Crippen LogP contribution in [0.15, 0.2) is 79.0 Å². The number of hydrogen-bond donors (Lipinski definition) is 1. The molecule has 0 saturated carbocycles. The summed E-state index contributed by atoms with van der Waals surface area (Å²) in [5.74, 6) is -0.261. The number of hydrogen-bond acceptors (Lipinski definition) is 4. The van der Waals surface area contributed by atoms with Gasteiger partial charge in [-0.05, 0) is 35.4 Å². The first-order valence-electron chi connectivity index (χ1n) is 10.2. The molecule has 0 atom stereocenters. The molecule has 2 heterocycles. The molecule has 0 spiro atoms. The van der Waals surface area contributed by atoms with E-state index in [4.69, 9.17) is 0 Å². The number of para-hydroxylation sites is 1. The van der Waals surface area contributed by atoms with Gasteiger partial charge in [0.15, 0.2) is 0 Å². The number of carbonyl (C=O) groups excluding carboxylic acids is 1. The van der Waals surface area contributed by atoms with Gasteiger partial charge in [-0.2, -0.15) is 13.2 Å². The second kappa shape index (κ2) is 9.79. The number of fused-ring (bicyclic) bond motifs is 1. The lowest BCUT2D eigenvalue weighted by Crippen LogP contribution is -2.23. The zero-order chi connectivity index (χ0) is 23.3. The Hall–Kier alpha value is -3.78. The molecule has 0 bridgehead atoms. The summed E-state index contributed by atoms with van der Waals surface area (Å²) in [6, 6.07) is 21.5. The van der Waals surface area contributed by atoms with Crippen molar-refractivity contribution in [2.45, 2.75) is 19.3 Å². The number of nitrogens with one attached hydrogen (secondary N) is 1. The van der Waals surface area contributed by atoms with E-state index in [9.17, 15) is 18.0 Å². The largest absolute Gasteiger partial charge is 0.411 e. The summed E-state index contributed by atoms with van der Waals surface area (Å²) in [5.41, 5.74) is 3.87. The minimum absolute atomic E-state index is 0.133. The van der Waals surface area contributed by atoms with E-state index in [2.05, 4.69) is 20.0 Å². The molecular weight excluding hydrogens is 431 g/mol. The SMILES string of the molecule is O=C(NCc1ccc(COCC(F)(F)F)cc1)c1cc(-c2ccccn2)nc2ccccc12. The van der Waals surface area contributed by atoms with Gasteiger partial charge in [-0.1, -0.05) is 48.5 Å². The molecule has 4 rings (SSSR count). The van der Waals surface area contributed by atoms with Crippen molar-refractivity contribution in [3.63, 3.8) is 0 Å². The molecule has 0 fully saturated rings. The van der Waals surface area contributed by atoms with Gasteiger partial charge in [-0.15, -0.1) is 0 Å². The second-order valence-electron chi connectivity index (χ2n) is 7.39. The van der Waals surface area contributed by atoms with Crippen LogP contribution in [0.3, 0.4) is 0 Å². The molecule has 0 saturated heterocycles. The lowest BCUT2D eigenvalue weighted by molar-refractivity contribution is -0.176. The van der Waals surface area contributed by atoms with Crippen molar-refractivity contribution < 1.29 is 22.7 Å². The average Bonchev–Trinajstić information content (AvgIpc) is 2.82. The van der Waals surface area contributed by atoms with Crippen molar-refractivity contribution in [3.8, 4) is 11.4 Å². The highest BCUT2D eigenvalue weighted by atomic mass is 19.4. The van der Waals surface area contributed by atoms with Crippen LogP contribution < -0.4 is 5.32 Å². The van der Waals surface area contributed by atoms with Gasteiger partial charge in [-0.3, -0.25) is 9.78 Å². The smallest absolute Gasteiger partial charge is 0.367 e. The third-order valence-electron chi connectivity index (χ3n) is 4.90. The van der Waals surface area contributed by atoms with Gasteiger partial charge in [-0.25, -0.2) is 4.98 Å². The van der Waals surface area contributed by atoms with Crippen LogP contribution in [-0.4, -0.2) is 28.7 Å². The summed E-state index contributed by atoms with van der Waals surface area (Å²) in [6.45, 7) is -1.16. The number of nitrogens with zero attached hydrogens (tertiary/aromatic N) is 2. The van der Waals surface area contributed by atoms with Gasteiger partial charge in [0.25, 0.3) is 5.91 Å². The van der Waals surface area contributed by atoms with Crippen LogP contribution in [0.1, 0.15) is 21.5 Å². The van der Waals surface area contributed by atoms with Gasteiger partial charge in [0, 0.05) is 18.1 Å². The number of amides is 1. The topological polar surface area (TPSA) is 64.1 Å². The molecule has 0 aliphatic carbocycles. The lowest BCUT2D eigenvalue weighted by atomic mass is 10.1. The Kier molecular flexibility index (Phi) is 6.65. The first-order valence-corrected chi connectivity index (χ1v) is 10.2. The summed E-state index contributed by atoms with van der Waals surface area (Å²) in [5, 5.41) is 3.63. The number of pyridine rings is 2. The molecule has 1 N–H and O–H groups in total. The van der Waals surface area contributed by atoms with Crippen LogP contribution in [-0.2, 0) is 17.9 Å². The number of halogens is 3. The van der Waals surface area contributed by atoms with Crippen LogP contribution >= 0.6 is 0 Å². The standard InChI is InChI=1S/C25H20F3N3O2/c26-25(27,28)16-33-15-18-10-8-17(9-11-18)14-30-24(32)20-13-23(22-7-3-4-12-29-22)31-21-6-2-1-5-19(20)21/h1-13H,14-16H2,(H,30,32). The first-order chi connectivity index (χ1) is 15.9. The Balaban J connectivity index is 1.47. The Morgan fingerprint density at radius 1 is 0.909 bits per heavy atom. The van der Waals surface area contributed by atoms with Crippen LogP contribution in [0.4, 0.5) is 13.2 Å². The van der Waals surface area contributed by atoms with E-state index in [-0.39, 0.29) is 19.1 Å². The Bertz CT molecular complexity index is 1240. The fourth-order valence-corrected chi connectivity index (χ4v) is 3.32. The van der Waals surface area contributed by atoms with Crippen LogP contribution in [0, 0.1) is 0 Å². The maximum Gasteiger partial charge on any atom is 0.411 e. The molecule has 168 valence electrons. The fourth-order valence-electron chi connectivity index (χ4n) is 3.32. The van der Waals surface area contributed by atoms with Crippen molar-refractivity contribution in [3.05, 3.63) is 95.7 Å². The van der Waals surface area contributed by atoms with E-state index in [1.165, 1.54) is 0 Å². The summed E-state index contributed by atoms with van der Waals surface area (Å²) in [7, 11) is 0. The Morgan fingerprint density at radius 2 is 1.64 bits per heavy atom. The van der Waals surface area contributed by atoms with Crippen molar-refractivity contribution in [2.75, 3.05) is 6.61 Å². The summed E-state index contributed by atoms with van der Waals surface area (Å²) in [6.07, 6.45) is -2.68. The summed E-state index contributed by atoms with van der Waals surface area (Å²) < 4.78 is 41.2. The Labute approximate surface area is 188 Å². The number of alkyl halides is 3. The highest BCUT2D eigenvalue weighted by Gasteiger charge is 2.27. The number of carbonyl (C=O) groups is 1. The lowest BCUT2D eigenvalue weighted by Gasteiger charge is -2.11. The normalized spacial score (nSPS) is 11.5. The van der Waals surface area contributed by atoms with E-state index in [0.29, 0.717) is 28.0 Å². The zero-order valence-electron chi connectivity index (χ0n) is 17.5. The van der Waals surface area contributed by atoms with Crippen LogP contribution in [0.5, 0.6) is 0 Å². The molecule has 2 aromatic heterocycles. The van der Waals surface area contributed by atoms with E-state index >= 15 is 0 Å². The van der Waals surface area contributed by atoms with Crippen LogP contribution in [0.2, 0.25) is 0 Å². The molecule has 5 nitrogen and oxygen atoms in total. The minimum Gasteiger partial charge on any atom is -0.367 e. The number of rotatable bonds is 7. The molecular formula is C25H20F3N3O2. The van der Waals surface area contributed by atoms with E-state index < -0.39 is 12.8 Å². The first kappa shape index (κ1) is 22.4. The number of ether oxygens (including phenoxy) is 1. The second-order valence-corrected chi connectivity index (χ2v) is 7.39. The van der Waals surface area contributed by atoms with Crippen molar-refractivity contribution in [1.29, 1.82) is 0 Å². The minimum atomic E-state index is -4.35. The molecule has 8 heteroatoms. The predicted octanol–water partition coefficient (Wildman–Crippen LogP) is 5.31. The van der Waals surface area contributed by atoms with E-state index in [1.54, 1.807) is 36.5 Å². The highest BCUT2D eigenvalue weighted by molar-refractivity contribution is 6.07. The van der Waals surface area contributed by atoms with Gasteiger partial charge in [0.2, 0.25) is 0 Å². The van der Waals surface area contributed by atoms with E-state index in [1.807, 2.05) is 42.5 Å². The average molecular weight is 451 g/mol. The molecule has 2 aromatic carbocycles. The molecule has 0 radical (unpaired) electrons. The van der Waals surface area contributed by atoms with Gasteiger partial charge < -0.3 is 10.1 Å². The third-order valence-corrected chi connectivity index (χ3v) is 4.90. The van der Waals surface area contributed by atoms with Crippen LogP contribution in [0.25, 0.3) is 22.3 Å². The molecule has 33 heavy (non-hydrogen) atoms. The number of benzene rings is 2. The highest BCUT2D eigenvalue weighted by Crippen LogP contribution is 2.24. The van der Waals surface area contributed by atoms with Gasteiger partial charge in [0.1, 0.15) is 6.61 Å². The molecule has 4 aromatic rings. The molecule has 1 amide bonds. The molecule has 0 aliphatic heterocycles. The maximum atomic E-state index is 13.0. The van der Waals surface area contributed by atoms with Gasteiger partial charge >= 0.3 is 6.18 Å².